The molecule has 0 atom stereocenters. The van der Waals surface area contributed by atoms with Crippen molar-refractivity contribution in [3.05, 3.63) is 486 Å². The lowest BCUT2D eigenvalue weighted by molar-refractivity contribution is 1.18. The second-order valence-electron chi connectivity index (χ2n) is 35.6. The minimum Gasteiger partial charge on any atom is -0.309 e. The van der Waals surface area contributed by atoms with Gasteiger partial charge in [0.1, 0.15) is 0 Å². The van der Waals surface area contributed by atoms with Crippen LogP contribution in [0.1, 0.15) is 0 Å². The number of benzene rings is 22. The molecule has 10 heteroatoms. The fourth-order valence-electron chi connectivity index (χ4n) is 21.3. The lowest BCUT2D eigenvalue weighted by Crippen LogP contribution is -1.97. The molecule has 0 saturated carbocycles. The minimum absolute atomic E-state index is 0.883. The molecular formula is C128H80N10. The third-order valence-corrected chi connectivity index (χ3v) is 27.7. The Labute approximate surface area is 792 Å². The van der Waals surface area contributed by atoms with Gasteiger partial charge in [-0.05, 0) is 199 Å². The van der Waals surface area contributed by atoms with Gasteiger partial charge in [0.2, 0.25) is 0 Å². The lowest BCUT2D eigenvalue weighted by Gasteiger charge is -2.16. The fourth-order valence-corrected chi connectivity index (χ4v) is 21.3. The molecule has 0 radical (unpaired) electrons. The van der Waals surface area contributed by atoms with E-state index >= 15 is 0 Å². The summed E-state index contributed by atoms with van der Waals surface area (Å²) in [5, 5.41) is 22.2. The van der Waals surface area contributed by atoms with E-state index in [2.05, 4.69) is 425 Å². The van der Waals surface area contributed by atoms with Crippen LogP contribution in [0.2, 0.25) is 0 Å². The summed E-state index contributed by atoms with van der Waals surface area (Å²) in [5.74, 6) is 0. The molecule has 0 fully saturated rings. The van der Waals surface area contributed by atoms with Crippen LogP contribution in [-0.2, 0) is 0 Å². The maximum atomic E-state index is 5.16. The van der Waals surface area contributed by atoms with Crippen LogP contribution in [0.5, 0.6) is 0 Å². The molecule has 0 bridgehead atoms. The minimum atomic E-state index is 0.883. The molecule has 0 aliphatic heterocycles. The van der Waals surface area contributed by atoms with E-state index in [4.69, 9.17) is 29.9 Å². The van der Waals surface area contributed by atoms with E-state index in [1.807, 2.05) is 79.1 Å². The largest absolute Gasteiger partial charge is 0.309 e. The van der Waals surface area contributed by atoms with Crippen LogP contribution < -0.4 is 0 Å². The van der Waals surface area contributed by atoms with E-state index in [0.717, 1.165) is 129 Å². The molecule has 0 aliphatic rings. The molecule has 0 N–H and O–H groups in total. The van der Waals surface area contributed by atoms with Crippen LogP contribution in [0, 0.1) is 0 Å². The van der Waals surface area contributed by atoms with Gasteiger partial charge in [0.05, 0.1) is 106 Å². The van der Waals surface area contributed by atoms with Crippen LogP contribution in [0.3, 0.4) is 0 Å². The molecule has 0 amide bonds. The number of aromatic nitrogens is 10. The van der Waals surface area contributed by atoms with Gasteiger partial charge in [-0.15, -0.1) is 0 Å². The third kappa shape index (κ3) is 13.3. The van der Waals surface area contributed by atoms with Crippen molar-refractivity contribution in [2.24, 2.45) is 0 Å². The molecule has 0 aliphatic carbocycles. The summed E-state index contributed by atoms with van der Waals surface area (Å²) < 4.78 is 9.54. The highest BCUT2D eigenvalue weighted by Crippen LogP contribution is 2.46. The van der Waals surface area contributed by atoms with E-state index in [-0.39, 0.29) is 0 Å². The highest BCUT2D eigenvalue weighted by atomic mass is 15.0. The first-order chi connectivity index (χ1) is 68.4. The Hall–Kier alpha value is -18.6. The van der Waals surface area contributed by atoms with Gasteiger partial charge in [0, 0.05) is 111 Å². The van der Waals surface area contributed by atoms with Crippen molar-refractivity contribution in [3.63, 3.8) is 0 Å². The fraction of sp³-hybridized carbons (Fsp3) is 0. The third-order valence-electron chi connectivity index (χ3n) is 27.7. The second-order valence-corrected chi connectivity index (χ2v) is 35.6. The first-order valence-corrected chi connectivity index (χ1v) is 46.8. The zero-order chi connectivity index (χ0) is 90.8. The molecular weight excluding hydrogens is 1680 g/mol. The first kappa shape index (κ1) is 79.1. The molecule has 7 heterocycles. The predicted octanol–water partition coefficient (Wildman–Crippen LogP) is 33.0. The van der Waals surface area contributed by atoms with Crippen molar-refractivity contribution in [1.82, 2.24) is 48.2 Å². The van der Waals surface area contributed by atoms with E-state index < -0.39 is 0 Å². The molecule has 0 spiro atoms. The molecule has 29 rings (SSSR count). The zero-order valence-corrected chi connectivity index (χ0v) is 74.7. The molecule has 22 aromatic carbocycles. The van der Waals surface area contributed by atoms with Gasteiger partial charge in [0.15, 0.2) is 0 Å². The van der Waals surface area contributed by atoms with Gasteiger partial charge in [-0.2, -0.15) is 0 Å². The molecule has 10 nitrogen and oxygen atoms in total. The molecule has 0 unspecified atom stereocenters. The smallest absolute Gasteiger partial charge is 0.0973 e. The Morgan fingerprint density at radius 3 is 0.928 bits per heavy atom. The summed E-state index contributed by atoms with van der Waals surface area (Å²) in [4.78, 5) is 30.4. The summed E-state index contributed by atoms with van der Waals surface area (Å²) >= 11 is 0. The summed E-state index contributed by atoms with van der Waals surface area (Å²) in [6, 6.07) is 169. The Bertz CT molecular complexity index is 9990. The van der Waals surface area contributed by atoms with Gasteiger partial charge in [0.25, 0.3) is 0 Å². The van der Waals surface area contributed by atoms with Crippen molar-refractivity contribution in [2.45, 2.75) is 0 Å². The standard InChI is InChI=1S/C52H32N4.C40H25N3.C36H23N3/c1-2-14-36(15-3-1)55-46-20-10-8-18-41(46)43-23-22-35(32-49(43)55)37-24-25-44(52-51(37)53-28-29-54-52)39-26-27-48(40-17-7-6-16-38(39)40)56-47-21-11-9-19-42(47)45-30-33-12-4-5-13-34(33)31-50(45)56;1-2-10-28-23-31(18-17-26(28)9-1)40-39(41-35-14-6-7-15-36(35)42-40)27-19-21-32(22-20-27)43-37-16-8-5-13-33(37)34-24-29-11-3-4-12-30(29)25-38(34)43;1-2-10-24(11-3-1)35-36(38-32-16-8-7-15-31(32)37-35)25-18-20-28(21-19-25)39-33-17-9-6-14-29(33)30-22-26-12-4-5-13-27(26)23-34(30)39/h1-32H;1-25H;1-23H. The van der Waals surface area contributed by atoms with E-state index in [9.17, 15) is 0 Å². The number of hydrogen-bond acceptors (Lipinski definition) is 6. The quantitative estimate of drug-likeness (QED) is 0.135. The summed E-state index contributed by atoms with van der Waals surface area (Å²) in [6.45, 7) is 0. The maximum absolute atomic E-state index is 5.16. The maximum Gasteiger partial charge on any atom is 0.0973 e. The first-order valence-electron chi connectivity index (χ1n) is 46.8. The van der Waals surface area contributed by atoms with Gasteiger partial charge >= 0.3 is 0 Å². The second kappa shape index (κ2) is 32.7. The Morgan fingerprint density at radius 2 is 0.457 bits per heavy atom. The Balaban J connectivity index is 0.000000107. The average Bonchev–Trinajstić information content (AvgIpc) is 1.51. The summed E-state index contributed by atoms with van der Waals surface area (Å²) in [5.41, 5.74) is 31.5. The van der Waals surface area contributed by atoms with Crippen molar-refractivity contribution in [2.75, 3.05) is 0 Å². The Morgan fingerprint density at radius 1 is 0.152 bits per heavy atom. The number of nitrogens with zero attached hydrogens (tertiary/aromatic N) is 10. The molecule has 29 aromatic rings. The van der Waals surface area contributed by atoms with Crippen LogP contribution in [0.15, 0.2) is 486 Å². The molecule has 0 saturated heterocycles. The number of fused-ring (bicyclic) bond motifs is 20. The van der Waals surface area contributed by atoms with Gasteiger partial charge in [-0.3, -0.25) is 9.97 Å². The number of para-hydroxylation sites is 9. The van der Waals surface area contributed by atoms with Crippen LogP contribution in [0.4, 0.5) is 0 Å². The van der Waals surface area contributed by atoms with Crippen molar-refractivity contribution in [1.29, 1.82) is 0 Å². The van der Waals surface area contributed by atoms with Crippen LogP contribution in [-0.4, -0.2) is 48.2 Å². The molecule has 138 heavy (non-hydrogen) atoms. The summed E-state index contributed by atoms with van der Waals surface area (Å²) in [6.07, 6.45) is 3.62. The Kier molecular flexibility index (Phi) is 18.7. The number of hydrogen-bond donors (Lipinski definition) is 0. The SMILES string of the molecule is c1ccc(-c2nc3ccccc3nc2-c2ccc(-n3c4ccccc4c4cc5ccccc5cc43)cc2)cc1.c1ccc(-n2c3ccccc3c3ccc(-c4ccc(-c5ccc(-n6c7ccccc7c7cc8ccccc8cc76)c6ccccc56)c5nccnc45)cc32)cc1.c1ccc2cc(-c3nc4ccccc4nc3-c3ccc(-n4c5ccccc5c5cc6ccccc6cc54)cc3)ccc2c1. The normalized spacial score (nSPS) is 11.8. The highest BCUT2D eigenvalue weighted by Gasteiger charge is 2.25. The van der Waals surface area contributed by atoms with E-state index in [0.29, 0.717) is 0 Å². The zero-order valence-electron chi connectivity index (χ0n) is 74.7. The van der Waals surface area contributed by atoms with Gasteiger partial charge in [-0.1, -0.05) is 334 Å². The van der Waals surface area contributed by atoms with Crippen molar-refractivity contribution >= 4 is 174 Å². The van der Waals surface area contributed by atoms with Crippen LogP contribution >= 0.6 is 0 Å². The highest BCUT2D eigenvalue weighted by molar-refractivity contribution is 6.19. The van der Waals surface area contributed by atoms with Crippen LogP contribution in [0.25, 0.3) is 264 Å². The molecule has 7 aromatic heterocycles. The van der Waals surface area contributed by atoms with Gasteiger partial charge in [-0.25, -0.2) is 19.9 Å². The monoisotopic (exact) mass is 1760 g/mol. The topological polar surface area (TPSA) is 97.1 Å². The van der Waals surface area contributed by atoms with Gasteiger partial charge < -0.3 is 18.3 Å². The van der Waals surface area contributed by atoms with E-state index in [1.54, 1.807) is 0 Å². The van der Waals surface area contributed by atoms with Crippen molar-refractivity contribution < 1.29 is 0 Å². The van der Waals surface area contributed by atoms with Crippen molar-refractivity contribution in [3.8, 4) is 90.0 Å². The number of rotatable bonds is 10. The average molecular weight is 1760 g/mol. The summed E-state index contributed by atoms with van der Waals surface area (Å²) in [7, 11) is 0. The van der Waals surface area contributed by atoms with E-state index in [1.165, 1.54) is 136 Å². The lowest BCUT2D eigenvalue weighted by atomic mass is 9.93. The predicted molar refractivity (Wildman–Crippen MR) is 576 cm³/mol. The molecule has 642 valence electrons.